The molecule has 158 valence electrons. The summed E-state index contributed by atoms with van der Waals surface area (Å²) >= 11 is -1.42. The van der Waals surface area contributed by atoms with Crippen molar-refractivity contribution in [3.8, 4) is 11.5 Å². The summed E-state index contributed by atoms with van der Waals surface area (Å²) in [7, 11) is 1.48. The molecule has 0 aliphatic heterocycles. The van der Waals surface area contributed by atoms with Gasteiger partial charge in [0, 0.05) is 0 Å². The quantitative estimate of drug-likeness (QED) is 0.201. The first-order valence-electron chi connectivity index (χ1n) is 9.12. The molecular weight excluding hydrogens is 382 g/mol. The summed E-state index contributed by atoms with van der Waals surface area (Å²) in [4.78, 5) is 4.63. The SMILES string of the molecule is C/C=C/COc1cc(C)c(OCCOS(=O)CCOC/C(C)=N/OC)c(C)c1. The van der Waals surface area contributed by atoms with E-state index in [1.54, 1.807) is 6.92 Å². The molecule has 0 radical (unpaired) electrons. The lowest BCUT2D eigenvalue weighted by molar-refractivity contribution is 0.173. The zero-order valence-corrected chi connectivity index (χ0v) is 18.2. The van der Waals surface area contributed by atoms with Crippen LogP contribution in [0.15, 0.2) is 29.4 Å². The van der Waals surface area contributed by atoms with Crippen LogP contribution in [-0.2, 0) is 24.8 Å². The number of benzene rings is 1. The summed E-state index contributed by atoms with van der Waals surface area (Å²) in [6.07, 6.45) is 3.90. The number of rotatable bonds is 14. The molecule has 1 unspecified atom stereocenters. The second-order valence-electron chi connectivity index (χ2n) is 6.01. The van der Waals surface area contributed by atoms with Crippen LogP contribution >= 0.6 is 0 Å². The van der Waals surface area contributed by atoms with Crippen molar-refractivity contribution in [3.05, 3.63) is 35.4 Å². The Morgan fingerprint density at radius 2 is 1.86 bits per heavy atom. The number of aryl methyl sites for hydroxylation is 2. The van der Waals surface area contributed by atoms with E-state index in [1.807, 2.05) is 45.1 Å². The Bertz CT molecular complexity index is 652. The molecule has 0 aliphatic rings. The Balaban J connectivity index is 2.30. The van der Waals surface area contributed by atoms with Crippen LogP contribution in [0.1, 0.15) is 25.0 Å². The molecule has 0 spiro atoms. The third-order valence-electron chi connectivity index (χ3n) is 3.51. The van der Waals surface area contributed by atoms with Crippen molar-refractivity contribution in [1.82, 2.24) is 0 Å². The molecule has 0 aliphatic carbocycles. The maximum Gasteiger partial charge on any atom is 0.157 e. The van der Waals surface area contributed by atoms with Gasteiger partial charge in [0.2, 0.25) is 0 Å². The summed E-state index contributed by atoms with van der Waals surface area (Å²) in [5.74, 6) is 1.89. The number of allylic oxidation sites excluding steroid dienone is 1. The molecule has 0 heterocycles. The second kappa shape index (κ2) is 14.1. The van der Waals surface area contributed by atoms with Gasteiger partial charge in [-0.05, 0) is 51.0 Å². The summed E-state index contributed by atoms with van der Waals surface area (Å²) < 4.78 is 33.9. The zero-order chi connectivity index (χ0) is 20.8. The highest BCUT2D eigenvalue weighted by Gasteiger charge is 2.08. The van der Waals surface area contributed by atoms with E-state index >= 15 is 0 Å². The predicted octanol–water partition coefficient (Wildman–Crippen LogP) is 3.36. The molecule has 1 aromatic carbocycles. The molecule has 0 bridgehead atoms. The van der Waals surface area contributed by atoms with E-state index in [0.717, 1.165) is 22.6 Å². The summed E-state index contributed by atoms with van der Waals surface area (Å²) in [6.45, 7) is 9.42. The predicted molar refractivity (Wildman–Crippen MR) is 112 cm³/mol. The van der Waals surface area contributed by atoms with Crippen LogP contribution in [0, 0.1) is 13.8 Å². The Hall–Kier alpha value is -1.90. The van der Waals surface area contributed by atoms with Gasteiger partial charge in [-0.25, -0.2) is 4.21 Å². The molecule has 0 N–H and O–H groups in total. The first-order valence-corrected chi connectivity index (χ1v) is 10.4. The average Bonchev–Trinajstić information content (AvgIpc) is 2.64. The largest absolute Gasteiger partial charge is 0.491 e. The fourth-order valence-corrected chi connectivity index (χ4v) is 2.95. The molecule has 0 fully saturated rings. The minimum absolute atomic E-state index is 0.231. The Morgan fingerprint density at radius 1 is 1.14 bits per heavy atom. The van der Waals surface area contributed by atoms with E-state index in [9.17, 15) is 4.21 Å². The van der Waals surface area contributed by atoms with Crippen LogP contribution in [-0.4, -0.2) is 55.8 Å². The Labute approximate surface area is 170 Å². The van der Waals surface area contributed by atoms with Crippen molar-refractivity contribution in [2.24, 2.45) is 5.16 Å². The number of nitrogens with zero attached hydrogens (tertiary/aromatic N) is 1. The van der Waals surface area contributed by atoms with Crippen molar-refractivity contribution in [1.29, 1.82) is 0 Å². The minimum Gasteiger partial charge on any atom is -0.491 e. The molecule has 0 saturated carbocycles. The van der Waals surface area contributed by atoms with Gasteiger partial charge in [-0.3, -0.25) is 4.18 Å². The number of oxime groups is 1. The van der Waals surface area contributed by atoms with Gasteiger partial charge in [0.05, 0.1) is 31.3 Å². The molecule has 0 aromatic heterocycles. The average molecular weight is 414 g/mol. The zero-order valence-electron chi connectivity index (χ0n) is 17.4. The first kappa shape index (κ1) is 24.1. The highest BCUT2D eigenvalue weighted by Crippen LogP contribution is 2.28. The minimum atomic E-state index is -1.42. The summed E-state index contributed by atoms with van der Waals surface area (Å²) in [5.41, 5.74) is 2.68. The highest BCUT2D eigenvalue weighted by molar-refractivity contribution is 7.80. The van der Waals surface area contributed by atoms with Gasteiger partial charge in [0.25, 0.3) is 0 Å². The number of ether oxygens (including phenoxy) is 3. The lowest BCUT2D eigenvalue weighted by Crippen LogP contribution is -2.15. The van der Waals surface area contributed by atoms with E-state index in [0.29, 0.717) is 32.1 Å². The van der Waals surface area contributed by atoms with Gasteiger partial charge < -0.3 is 19.0 Å². The van der Waals surface area contributed by atoms with Gasteiger partial charge in [0.1, 0.15) is 31.8 Å². The van der Waals surface area contributed by atoms with Crippen molar-refractivity contribution in [2.75, 3.05) is 45.9 Å². The van der Waals surface area contributed by atoms with E-state index in [1.165, 1.54) is 7.11 Å². The molecule has 0 saturated heterocycles. The molecular formula is C20H31NO6S. The monoisotopic (exact) mass is 413 g/mol. The normalized spacial score (nSPS) is 13.0. The number of hydrogen-bond acceptors (Lipinski definition) is 7. The maximum absolute atomic E-state index is 11.8. The first-order chi connectivity index (χ1) is 13.5. The van der Waals surface area contributed by atoms with Gasteiger partial charge in [-0.15, -0.1) is 0 Å². The molecule has 8 heteroatoms. The Kier molecular flexibility index (Phi) is 12.2. The van der Waals surface area contributed by atoms with Crippen LogP contribution in [0.5, 0.6) is 11.5 Å². The Morgan fingerprint density at radius 3 is 2.50 bits per heavy atom. The fourth-order valence-electron chi connectivity index (χ4n) is 2.32. The van der Waals surface area contributed by atoms with E-state index in [4.69, 9.17) is 18.4 Å². The molecule has 1 atom stereocenters. The highest BCUT2D eigenvalue weighted by atomic mass is 32.2. The molecule has 1 aromatic rings. The lowest BCUT2D eigenvalue weighted by atomic mass is 10.1. The summed E-state index contributed by atoms with van der Waals surface area (Å²) in [6, 6.07) is 3.88. The van der Waals surface area contributed by atoms with Crippen LogP contribution in [0.4, 0.5) is 0 Å². The van der Waals surface area contributed by atoms with Gasteiger partial charge >= 0.3 is 0 Å². The molecule has 7 nitrogen and oxygen atoms in total. The lowest BCUT2D eigenvalue weighted by Gasteiger charge is -2.14. The van der Waals surface area contributed by atoms with Crippen molar-refractivity contribution in [2.45, 2.75) is 27.7 Å². The fraction of sp³-hybridized carbons (Fsp3) is 0.550. The topological polar surface area (TPSA) is 75.6 Å². The van der Waals surface area contributed by atoms with Crippen molar-refractivity contribution < 1.29 is 27.4 Å². The van der Waals surface area contributed by atoms with Crippen molar-refractivity contribution >= 4 is 16.8 Å². The van der Waals surface area contributed by atoms with E-state index < -0.39 is 11.1 Å². The van der Waals surface area contributed by atoms with Crippen LogP contribution in [0.25, 0.3) is 0 Å². The van der Waals surface area contributed by atoms with Gasteiger partial charge in [-0.2, -0.15) is 0 Å². The third kappa shape index (κ3) is 9.87. The van der Waals surface area contributed by atoms with E-state index in [2.05, 4.69) is 9.99 Å². The smallest absolute Gasteiger partial charge is 0.157 e. The van der Waals surface area contributed by atoms with Crippen LogP contribution in [0.3, 0.4) is 0 Å². The standard InChI is InChI=1S/C20H31NO6S/c1-6-7-8-25-19-13-16(2)20(17(3)14-19)26-9-10-27-28(22)12-11-24-15-18(4)21-23-5/h6-7,13-14H,8-12,15H2,1-5H3/b7-6+,21-18+. The molecule has 0 amide bonds. The number of hydrogen-bond donors (Lipinski definition) is 0. The molecule has 28 heavy (non-hydrogen) atoms. The van der Waals surface area contributed by atoms with Crippen LogP contribution in [0.2, 0.25) is 0 Å². The van der Waals surface area contributed by atoms with Gasteiger partial charge in [-0.1, -0.05) is 17.3 Å². The summed E-state index contributed by atoms with van der Waals surface area (Å²) in [5, 5.41) is 3.73. The van der Waals surface area contributed by atoms with Crippen molar-refractivity contribution in [3.63, 3.8) is 0 Å². The van der Waals surface area contributed by atoms with Crippen LogP contribution < -0.4 is 9.47 Å². The third-order valence-corrected chi connectivity index (χ3v) is 4.44. The second-order valence-corrected chi connectivity index (χ2v) is 7.26. The molecule has 1 rings (SSSR count). The maximum atomic E-state index is 11.8. The van der Waals surface area contributed by atoms with Gasteiger partial charge in [0.15, 0.2) is 11.1 Å². The van der Waals surface area contributed by atoms with E-state index in [-0.39, 0.29) is 12.4 Å².